The summed E-state index contributed by atoms with van der Waals surface area (Å²) in [6.07, 6.45) is -1.81. The van der Waals surface area contributed by atoms with Gasteiger partial charge in [-0.3, -0.25) is 9.78 Å². The maximum atomic E-state index is 12.2. The third-order valence-electron chi connectivity index (χ3n) is 3.21. The van der Waals surface area contributed by atoms with E-state index < -0.39 is 24.9 Å². The average Bonchev–Trinajstić information content (AvgIpc) is 2.93. The van der Waals surface area contributed by atoms with E-state index in [2.05, 4.69) is 10.1 Å². The number of aromatic nitrogens is 3. The molecule has 0 aliphatic rings. The van der Waals surface area contributed by atoms with E-state index in [4.69, 9.17) is 16.3 Å². The normalized spacial score (nSPS) is 11.4. The lowest BCUT2D eigenvalue weighted by molar-refractivity contribution is -0.142. The van der Waals surface area contributed by atoms with Crippen LogP contribution in [0.4, 0.5) is 18.9 Å². The first kappa shape index (κ1) is 18.1. The Balaban J connectivity index is 2.20. The molecule has 0 unspecified atom stereocenters. The Morgan fingerprint density at radius 2 is 2.12 bits per heavy atom. The zero-order valence-electron chi connectivity index (χ0n) is 12.8. The summed E-state index contributed by atoms with van der Waals surface area (Å²) >= 11 is 6.00. The van der Waals surface area contributed by atoms with Crippen molar-refractivity contribution >= 4 is 23.2 Å². The number of carbonyl (C=O) groups is 1. The minimum atomic E-state index is -4.39. The van der Waals surface area contributed by atoms with E-state index >= 15 is 0 Å². The maximum absolute atomic E-state index is 12.2. The predicted octanol–water partition coefficient (Wildman–Crippen LogP) is 3.23. The summed E-state index contributed by atoms with van der Waals surface area (Å²) in [5.41, 5.74) is 0.727. The van der Waals surface area contributed by atoms with Gasteiger partial charge in [0.2, 0.25) is 5.91 Å². The quantitative estimate of drug-likeness (QED) is 0.819. The van der Waals surface area contributed by atoms with Gasteiger partial charge in [-0.05, 0) is 0 Å². The van der Waals surface area contributed by atoms with Gasteiger partial charge in [-0.1, -0.05) is 11.6 Å². The molecule has 2 heterocycles. The summed E-state index contributed by atoms with van der Waals surface area (Å²) in [6.45, 7) is 0. The molecule has 0 saturated carbocycles. The lowest BCUT2D eigenvalue weighted by atomic mass is 10.2. The number of pyridine rings is 1. The summed E-state index contributed by atoms with van der Waals surface area (Å²) in [4.78, 5) is 16.9. The van der Waals surface area contributed by atoms with Crippen molar-refractivity contribution in [2.45, 2.75) is 19.0 Å². The second-order valence-electron chi connectivity index (χ2n) is 4.90. The average molecular weight is 363 g/mol. The number of amides is 1. The zero-order valence-corrected chi connectivity index (χ0v) is 13.6. The lowest BCUT2D eigenvalue weighted by Crippen LogP contribution is -2.27. The number of rotatable bonds is 5. The Labute approximate surface area is 140 Å². The van der Waals surface area contributed by atoms with Crippen LogP contribution < -0.4 is 9.64 Å². The molecule has 0 fully saturated rings. The molecule has 0 bridgehead atoms. The van der Waals surface area contributed by atoms with Gasteiger partial charge in [0.05, 0.1) is 37.8 Å². The van der Waals surface area contributed by atoms with Crippen LogP contribution in [0.3, 0.4) is 0 Å². The molecule has 1 amide bonds. The summed E-state index contributed by atoms with van der Waals surface area (Å²) in [5.74, 6) is -0.215. The van der Waals surface area contributed by atoms with Crippen LogP contribution in [0, 0.1) is 0 Å². The van der Waals surface area contributed by atoms with Crippen LogP contribution >= 0.6 is 11.6 Å². The van der Waals surface area contributed by atoms with Crippen LogP contribution in [-0.2, 0) is 4.79 Å². The molecule has 2 aromatic heterocycles. The van der Waals surface area contributed by atoms with Gasteiger partial charge in [-0.15, -0.1) is 0 Å². The fourth-order valence-electron chi connectivity index (χ4n) is 1.90. The number of methoxy groups -OCH3 is 1. The molecule has 0 aliphatic heterocycles. The van der Waals surface area contributed by atoms with Gasteiger partial charge in [0.25, 0.3) is 0 Å². The Morgan fingerprint density at radius 1 is 1.42 bits per heavy atom. The van der Waals surface area contributed by atoms with Gasteiger partial charge < -0.3 is 9.64 Å². The van der Waals surface area contributed by atoms with Crippen LogP contribution in [-0.4, -0.2) is 41.0 Å². The number of carbonyl (C=O) groups excluding carboxylic acids is 1. The molecular weight excluding hydrogens is 349 g/mol. The van der Waals surface area contributed by atoms with Crippen LogP contribution in [0.2, 0.25) is 5.15 Å². The van der Waals surface area contributed by atoms with Crippen LogP contribution in [0.5, 0.6) is 5.75 Å². The van der Waals surface area contributed by atoms with Crippen LogP contribution in [0.1, 0.15) is 12.8 Å². The molecule has 0 aliphatic carbocycles. The molecule has 2 rings (SSSR count). The van der Waals surface area contributed by atoms with Crippen molar-refractivity contribution in [1.82, 2.24) is 14.8 Å². The summed E-state index contributed by atoms with van der Waals surface area (Å²) in [5, 5.41) is 4.03. The van der Waals surface area contributed by atoms with E-state index in [9.17, 15) is 18.0 Å². The molecule has 24 heavy (non-hydrogen) atoms. The zero-order chi connectivity index (χ0) is 17.9. The first-order valence-electron chi connectivity index (χ1n) is 6.79. The van der Waals surface area contributed by atoms with Crippen molar-refractivity contribution in [3.05, 3.63) is 29.8 Å². The fourth-order valence-corrected chi connectivity index (χ4v) is 2.15. The highest BCUT2D eigenvalue weighted by Gasteiger charge is 2.29. The van der Waals surface area contributed by atoms with E-state index in [0.717, 1.165) is 4.90 Å². The first-order chi connectivity index (χ1) is 11.2. The molecule has 6 nitrogen and oxygen atoms in total. The topological polar surface area (TPSA) is 60.2 Å². The van der Waals surface area contributed by atoms with Crippen molar-refractivity contribution in [2.75, 3.05) is 19.1 Å². The van der Waals surface area contributed by atoms with Gasteiger partial charge in [0.15, 0.2) is 5.15 Å². The second-order valence-corrected chi connectivity index (χ2v) is 5.26. The molecule has 0 aromatic carbocycles. The van der Waals surface area contributed by atoms with Gasteiger partial charge >= 0.3 is 6.18 Å². The fraction of sp³-hybridized carbons (Fsp3) is 0.357. The minimum Gasteiger partial charge on any atom is -0.495 e. The summed E-state index contributed by atoms with van der Waals surface area (Å²) < 4.78 is 43.1. The SMILES string of the molecule is COc1cncc(-n2cc(N(C)C(=O)CCC(F)(F)F)c(Cl)n2)c1. The van der Waals surface area contributed by atoms with E-state index in [0.29, 0.717) is 11.4 Å². The Bertz CT molecular complexity index is 733. The molecule has 2 aromatic rings. The van der Waals surface area contributed by atoms with Gasteiger partial charge in [0, 0.05) is 19.5 Å². The monoisotopic (exact) mass is 362 g/mol. The molecule has 0 spiro atoms. The second kappa shape index (κ2) is 7.08. The predicted molar refractivity (Wildman–Crippen MR) is 81.6 cm³/mol. The van der Waals surface area contributed by atoms with Crippen molar-refractivity contribution in [1.29, 1.82) is 0 Å². The third kappa shape index (κ3) is 4.38. The Hall–Kier alpha value is -2.29. The van der Waals surface area contributed by atoms with Crippen LogP contribution in [0.25, 0.3) is 5.69 Å². The third-order valence-corrected chi connectivity index (χ3v) is 3.48. The van der Waals surface area contributed by atoms with E-state index in [1.54, 1.807) is 6.07 Å². The van der Waals surface area contributed by atoms with Crippen molar-refractivity contribution in [3.63, 3.8) is 0 Å². The van der Waals surface area contributed by atoms with E-state index in [-0.39, 0.29) is 10.8 Å². The molecule has 0 N–H and O–H groups in total. The van der Waals surface area contributed by atoms with Crippen molar-refractivity contribution in [3.8, 4) is 11.4 Å². The lowest BCUT2D eigenvalue weighted by Gasteiger charge is -2.16. The first-order valence-corrected chi connectivity index (χ1v) is 7.17. The Morgan fingerprint density at radius 3 is 2.75 bits per heavy atom. The standard InChI is InChI=1S/C14H14ClF3N4O2/c1-21(12(23)3-4-14(16,17)18)11-8-22(20-13(11)15)9-5-10(24-2)7-19-6-9/h5-8H,3-4H2,1-2H3. The highest BCUT2D eigenvalue weighted by atomic mass is 35.5. The number of hydrogen-bond donors (Lipinski definition) is 0. The molecular formula is C14H14ClF3N4O2. The number of nitrogens with zero attached hydrogens (tertiary/aromatic N) is 4. The summed E-state index contributed by atoms with van der Waals surface area (Å²) in [7, 11) is 2.82. The highest BCUT2D eigenvalue weighted by molar-refractivity contribution is 6.32. The van der Waals surface area contributed by atoms with Gasteiger partial charge in [-0.2, -0.15) is 18.3 Å². The summed E-state index contributed by atoms with van der Waals surface area (Å²) in [6, 6.07) is 1.64. The van der Waals surface area contributed by atoms with Gasteiger partial charge in [0.1, 0.15) is 11.4 Å². The molecule has 130 valence electrons. The number of halogens is 4. The smallest absolute Gasteiger partial charge is 0.389 e. The van der Waals surface area contributed by atoms with E-state index in [1.807, 2.05) is 0 Å². The number of hydrogen-bond acceptors (Lipinski definition) is 4. The molecule has 0 saturated heterocycles. The number of ether oxygens (including phenoxy) is 1. The molecule has 0 atom stereocenters. The maximum Gasteiger partial charge on any atom is 0.389 e. The molecule has 10 heteroatoms. The number of anilines is 1. The largest absolute Gasteiger partial charge is 0.495 e. The van der Waals surface area contributed by atoms with E-state index in [1.165, 1.54) is 37.4 Å². The van der Waals surface area contributed by atoms with Gasteiger partial charge in [-0.25, -0.2) is 4.68 Å². The van der Waals surface area contributed by atoms with Crippen molar-refractivity contribution in [2.24, 2.45) is 0 Å². The number of alkyl halides is 3. The van der Waals surface area contributed by atoms with Crippen molar-refractivity contribution < 1.29 is 22.7 Å². The minimum absolute atomic E-state index is 0.0133. The highest BCUT2D eigenvalue weighted by Crippen LogP contribution is 2.28. The Kier molecular flexibility index (Phi) is 5.33. The molecule has 0 radical (unpaired) electrons. The van der Waals surface area contributed by atoms with Crippen LogP contribution in [0.15, 0.2) is 24.7 Å².